The minimum absolute atomic E-state index is 0.735. The molecule has 2 rings (SSSR count). The third kappa shape index (κ3) is 3.72. The molecule has 2 aliphatic heterocycles. The molecule has 0 radical (unpaired) electrons. The fourth-order valence-corrected chi connectivity index (χ4v) is 2.89. The highest BCUT2D eigenvalue weighted by Gasteiger charge is 2.21. The molecule has 2 unspecified atom stereocenters. The van der Waals surface area contributed by atoms with Gasteiger partial charge in [0.2, 0.25) is 0 Å². The lowest BCUT2D eigenvalue weighted by molar-refractivity contribution is 0.163. The van der Waals surface area contributed by atoms with Crippen LogP contribution in [-0.4, -0.2) is 50.3 Å². The molecule has 2 atom stereocenters. The standard InChI is InChI=1S/C13H26N2O/c1-2-14-13-4-3-7-15(10-13)8-5-12-6-9-16-11-12/h12-14H,2-11H2,1H3. The van der Waals surface area contributed by atoms with E-state index in [2.05, 4.69) is 17.1 Å². The Balaban J connectivity index is 1.64. The van der Waals surface area contributed by atoms with Gasteiger partial charge in [-0.15, -0.1) is 0 Å². The van der Waals surface area contributed by atoms with Crippen molar-refractivity contribution >= 4 is 0 Å². The van der Waals surface area contributed by atoms with E-state index in [1.807, 2.05) is 0 Å². The summed E-state index contributed by atoms with van der Waals surface area (Å²) in [6.45, 7) is 9.13. The summed E-state index contributed by atoms with van der Waals surface area (Å²) < 4.78 is 5.43. The lowest BCUT2D eigenvalue weighted by atomic mass is 10.0. The Kier molecular flexibility index (Phi) is 5.07. The summed E-state index contributed by atoms with van der Waals surface area (Å²) in [5.41, 5.74) is 0. The van der Waals surface area contributed by atoms with E-state index in [-0.39, 0.29) is 0 Å². The molecule has 0 aromatic rings. The van der Waals surface area contributed by atoms with Gasteiger partial charge in [0.25, 0.3) is 0 Å². The van der Waals surface area contributed by atoms with Crippen molar-refractivity contribution in [1.82, 2.24) is 10.2 Å². The number of rotatable bonds is 5. The van der Waals surface area contributed by atoms with Gasteiger partial charge in [-0.3, -0.25) is 0 Å². The van der Waals surface area contributed by atoms with Crippen LogP contribution in [0.1, 0.15) is 32.6 Å². The molecule has 0 spiro atoms. The van der Waals surface area contributed by atoms with Gasteiger partial charge in [0.05, 0.1) is 0 Å². The molecule has 16 heavy (non-hydrogen) atoms. The van der Waals surface area contributed by atoms with Crippen molar-refractivity contribution in [3.05, 3.63) is 0 Å². The molecule has 0 amide bonds. The second kappa shape index (κ2) is 6.58. The van der Waals surface area contributed by atoms with Crippen molar-refractivity contribution in [2.24, 2.45) is 5.92 Å². The van der Waals surface area contributed by atoms with E-state index in [1.165, 1.54) is 45.3 Å². The van der Waals surface area contributed by atoms with E-state index in [1.54, 1.807) is 0 Å². The summed E-state index contributed by atoms with van der Waals surface area (Å²) in [6.07, 6.45) is 5.33. The maximum absolute atomic E-state index is 5.43. The van der Waals surface area contributed by atoms with E-state index in [0.717, 1.165) is 31.7 Å². The summed E-state index contributed by atoms with van der Waals surface area (Å²) in [5.74, 6) is 0.833. The van der Waals surface area contributed by atoms with Crippen molar-refractivity contribution in [2.45, 2.75) is 38.6 Å². The smallest absolute Gasteiger partial charge is 0.0495 e. The van der Waals surface area contributed by atoms with Gasteiger partial charge in [0, 0.05) is 25.8 Å². The Morgan fingerprint density at radius 2 is 2.31 bits per heavy atom. The van der Waals surface area contributed by atoms with E-state index >= 15 is 0 Å². The molecule has 2 saturated heterocycles. The van der Waals surface area contributed by atoms with Gasteiger partial charge < -0.3 is 15.0 Å². The van der Waals surface area contributed by atoms with E-state index < -0.39 is 0 Å². The topological polar surface area (TPSA) is 24.5 Å². The highest BCUT2D eigenvalue weighted by atomic mass is 16.5. The number of hydrogen-bond donors (Lipinski definition) is 1. The fourth-order valence-electron chi connectivity index (χ4n) is 2.89. The number of likely N-dealkylation sites (N-methyl/N-ethyl adjacent to an activating group) is 1. The molecule has 94 valence electrons. The van der Waals surface area contributed by atoms with Crippen molar-refractivity contribution < 1.29 is 4.74 Å². The van der Waals surface area contributed by atoms with Crippen LogP contribution in [0, 0.1) is 5.92 Å². The van der Waals surface area contributed by atoms with Gasteiger partial charge in [-0.05, 0) is 51.2 Å². The number of hydrogen-bond acceptors (Lipinski definition) is 3. The van der Waals surface area contributed by atoms with Crippen LogP contribution in [0.5, 0.6) is 0 Å². The highest BCUT2D eigenvalue weighted by molar-refractivity contribution is 4.78. The molecular formula is C13H26N2O. The molecule has 0 saturated carbocycles. The number of ether oxygens (including phenoxy) is 1. The Morgan fingerprint density at radius 3 is 3.06 bits per heavy atom. The first-order chi connectivity index (χ1) is 7.88. The van der Waals surface area contributed by atoms with Crippen LogP contribution in [0.15, 0.2) is 0 Å². The summed E-state index contributed by atoms with van der Waals surface area (Å²) >= 11 is 0. The molecule has 2 aliphatic rings. The van der Waals surface area contributed by atoms with Gasteiger partial charge in [0.15, 0.2) is 0 Å². The Morgan fingerprint density at radius 1 is 1.38 bits per heavy atom. The average molecular weight is 226 g/mol. The van der Waals surface area contributed by atoms with Crippen LogP contribution in [0.25, 0.3) is 0 Å². The third-order valence-electron chi connectivity index (χ3n) is 3.88. The fraction of sp³-hybridized carbons (Fsp3) is 1.00. The zero-order valence-corrected chi connectivity index (χ0v) is 10.6. The third-order valence-corrected chi connectivity index (χ3v) is 3.88. The van der Waals surface area contributed by atoms with Crippen molar-refractivity contribution in [3.63, 3.8) is 0 Å². The molecule has 2 heterocycles. The largest absolute Gasteiger partial charge is 0.381 e. The first-order valence-electron chi connectivity index (χ1n) is 6.92. The zero-order valence-electron chi connectivity index (χ0n) is 10.6. The minimum atomic E-state index is 0.735. The zero-order chi connectivity index (χ0) is 11.2. The lowest BCUT2D eigenvalue weighted by Gasteiger charge is -2.33. The molecule has 0 aromatic heterocycles. The van der Waals surface area contributed by atoms with E-state index in [4.69, 9.17) is 4.74 Å². The molecule has 0 bridgehead atoms. The highest BCUT2D eigenvalue weighted by Crippen LogP contribution is 2.18. The monoisotopic (exact) mass is 226 g/mol. The number of piperidine rings is 1. The first kappa shape index (κ1) is 12.3. The van der Waals surface area contributed by atoms with Gasteiger partial charge in [-0.1, -0.05) is 6.92 Å². The molecule has 3 heteroatoms. The molecule has 0 aliphatic carbocycles. The second-order valence-electron chi connectivity index (χ2n) is 5.22. The first-order valence-corrected chi connectivity index (χ1v) is 6.92. The van der Waals surface area contributed by atoms with Crippen molar-refractivity contribution in [2.75, 3.05) is 39.4 Å². The van der Waals surface area contributed by atoms with Crippen LogP contribution in [-0.2, 0) is 4.74 Å². The van der Waals surface area contributed by atoms with Crippen molar-refractivity contribution in [3.8, 4) is 0 Å². The molecule has 2 fully saturated rings. The van der Waals surface area contributed by atoms with Gasteiger partial charge in [-0.2, -0.15) is 0 Å². The van der Waals surface area contributed by atoms with E-state index in [0.29, 0.717) is 0 Å². The molecular weight excluding hydrogens is 200 g/mol. The van der Waals surface area contributed by atoms with E-state index in [9.17, 15) is 0 Å². The minimum Gasteiger partial charge on any atom is -0.381 e. The summed E-state index contributed by atoms with van der Waals surface area (Å²) in [7, 11) is 0. The number of likely N-dealkylation sites (tertiary alicyclic amines) is 1. The molecule has 3 nitrogen and oxygen atoms in total. The summed E-state index contributed by atoms with van der Waals surface area (Å²) in [6, 6.07) is 0.735. The van der Waals surface area contributed by atoms with Crippen LogP contribution >= 0.6 is 0 Å². The Labute approximate surface area is 99.5 Å². The average Bonchev–Trinajstić information content (AvgIpc) is 2.80. The SMILES string of the molecule is CCNC1CCCN(CCC2CCOC2)C1. The van der Waals surface area contributed by atoms with Crippen LogP contribution in [0.3, 0.4) is 0 Å². The maximum Gasteiger partial charge on any atom is 0.0495 e. The van der Waals surface area contributed by atoms with Crippen molar-refractivity contribution in [1.29, 1.82) is 0 Å². The van der Waals surface area contributed by atoms with Crippen LogP contribution in [0.4, 0.5) is 0 Å². The lowest BCUT2D eigenvalue weighted by Crippen LogP contribution is -2.46. The number of nitrogens with one attached hydrogen (secondary N) is 1. The van der Waals surface area contributed by atoms with Crippen LogP contribution < -0.4 is 5.32 Å². The maximum atomic E-state index is 5.43. The number of nitrogens with zero attached hydrogens (tertiary/aromatic N) is 1. The van der Waals surface area contributed by atoms with Gasteiger partial charge in [-0.25, -0.2) is 0 Å². The predicted octanol–water partition coefficient (Wildman–Crippen LogP) is 1.49. The Bertz CT molecular complexity index is 190. The Hall–Kier alpha value is -0.120. The van der Waals surface area contributed by atoms with Crippen LogP contribution in [0.2, 0.25) is 0 Å². The van der Waals surface area contributed by atoms with Gasteiger partial charge in [0.1, 0.15) is 0 Å². The molecule has 1 N–H and O–H groups in total. The quantitative estimate of drug-likeness (QED) is 0.768. The molecule has 0 aromatic carbocycles. The van der Waals surface area contributed by atoms with Gasteiger partial charge >= 0.3 is 0 Å². The summed E-state index contributed by atoms with van der Waals surface area (Å²) in [5, 5.41) is 3.58. The predicted molar refractivity (Wildman–Crippen MR) is 66.7 cm³/mol. The summed E-state index contributed by atoms with van der Waals surface area (Å²) in [4.78, 5) is 2.63. The second-order valence-corrected chi connectivity index (χ2v) is 5.22. The normalized spacial score (nSPS) is 32.1.